The number of carbonyl (C=O) groups is 1. The molecule has 0 saturated carbocycles. The summed E-state index contributed by atoms with van der Waals surface area (Å²) in [4.78, 5) is 11.4. The Balaban J connectivity index is 0. The van der Waals surface area contributed by atoms with Gasteiger partial charge in [0.1, 0.15) is 0 Å². The van der Waals surface area contributed by atoms with Crippen molar-refractivity contribution >= 4 is 5.97 Å². The highest BCUT2D eigenvalue weighted by molar-refractivity contribution is 5.69. The molecule has 26 heavy (non-hydrogen) atoms. The normalized spacial score (nSPS) is 10.2. The molecule has 0 rings (SSSR count). The summed E-state index contributed by atoms with van der Waals surface area (Å²) >= 11 is 0. The van der Waals surface area contributed by atoms with Crippen molar-refractivity contribution in [2.45, 2.75) is 129 Å². The Hall–Kier alpha value is -0.790. The molecule has 0 heterocycles. The zero-order chi connectivity index (χ0) is 19.7. The van der Waals surface area contributed by atoms with Crippen molar-refractivity contribution in [3.05, 3.63) is 13.2 Å². The highest BCUT2D eigenvalue weighted by atomic mass is 16.5. The summed E-state index contributed by atoms with van der Waals surface area (Å²) in [6.45, 7) is 11.0. The number of hydrogen-bond donors (Lipinski definition) is 0. The van der Waals surface area contributed by atoms with Crippen LogP contribution in [0.1, 0.15) is 129 Å². The monoisotopic (exact) mass is 368 g/mol. The molecule has 0 aliphatic heterocycles. The summed E-state index contributed by atoms with van der Waals surface area (Å²) in [6.07, 6.45) is 23.1. The minimum Gasteiger partial charge on any atom is -0.466 e. The molecule has 0 spiro atoms. The van der Waals surface area contributed by atoms with Gasteiger partial charge in [-0.3, -0.25) is 4.79 Å². The molecule has 0 aromatic heterocycles. The Bertz CT molecular complexity index is 263. The standard InChI is InChI=1S/C22H44O2.C2H4/c1-3-5-7-8-9-10-11-12-13-14-15-16-17-18-19-20-22(23)24-21-6-4-2;1-2/h3-21H2,1-2H3;1-2H2. The van der Waals surface area contributed by atoms with Crippen LogP contribution in [-0.2, 0) is 9.53 Å². The fourth-order valence-corrected chi connectivity index (χ4v) is 3.04. The van der Waals surface area contributed by atoms with Crippen LogP contribution in [0.2, 0.25) is 0 Å². The van der Waals surface area contributed by atoms with Gasteiger partial charge < -0.3 is 4.74 Å². The van der Waals surface area contributed by atoms with Crippen LogP contribution in [0.25, 0.3) is 0 Å². The van der Waals surface area contributed by atoms with Crippen LogP contribution in [0.3, 0.4) is 0 Å². The van der Waals surface area contributed by atoms with E-state index in [9.17, 15) is 4.79 Å². The molecule has 156 valence electrons. The third kappa shape index (κ3) is 25.5. The van der Waals surface area contributed by atoms with E-state index < -0.39 is 0 Å². The van der Waals surface area contributed by atoms with Gasteiger partial charge in [-0.05, 0) is 12.8 Å². The van der Waals surface area contributed by atoms with Crippen molar-refractivity contribution < 1.29 is 9.53 Å². The zero-order valence-corrected chi connectivity index (χ0v) is 18.2. The van der Waals surface area contributed by atoms with Gasteiger partial charge in [-0.1, -0.05) is 110 Å². The molecule has 0 saturated heterocycles. The second-order valence-electron chi connectivity index (χ2n) is 7.27. The van der Waals surface area contributed by atoms with Crippen molar-refractivity contribution in [1.29, 1.82) is 0 Å². The summed E-state index contributed by atoms with van der Waals surface area (Å²) in [5.74, 6) is -0.00172. The molecule has 0 fully saturated rings. The smallest absolute Gasteiger partial charge is 0.305 e. The number of esters is 1. The largest absolute Gasteiger partial charge is 0.466 e. The Morgan fingerprint density at radius 1 is 0.577 bits per heavy atom. The number of carbonyl (C=O) groups excluding carboxylic acids is 1. The van der Waals surface area contributed by atoms with Crippen LogP contribution in [0, 0.1) is 0 Å². The second kappa shape index (κ2) is 26.4. The maximum Gasteiger partial charge on any atom is 0.305 e. The van der Waals surface area contributed by atoms with Crippen LogP contribution in [0.5, 0.6) is 0 Å². The van der Waals surface area contributed by atoms with E-state index in [0.717, 1.165) is 19.3 Å². The molecule has 2 nitrogen and oxygen atoms in total. The van der Waals surface area contributed by atoms with Gasteiger partial charge in [-0.2, -0.15) is 0 Å². The van der Waals surface area contributed by atoms with E-state index in [1.807, 2.05) is 0 Å². The second-order valence-corrected chi connectivity index (χ2v) is 7.27. The van der Waals surface area contributed by atoms with Gasteiger partial charge in [0, 0.05) is 6.42 Å². The number of unbranched alkanes of at least 4 members (excludes halogenated alkanes) is 15. The molecule has 0 radical (unpaired) electrons. The van der Waals surface area contributed by atoms with Crippen LogP contribution >= 0.6 is 0 Å². The minimum atomic E-state index is -0.00172. The Kier molecular flexibility index (Phi) is 27.9. The molecular formula is C24H48O2. The predicted molar refractivity (Wildman–Crippen MR) is 117 cm³/mol. The van der Waals surface area contributed by atoms with Crippen LogP contribution in [0.15, 0.2) is 13.2 Å². The number of rotatable bonds is 19. The summed E-state index contributed by atoms with van der Waals surface area (Å²) in [5, 5.41) is 0. The molecule has 2 heteroatoms. The van der Waals surface area contributed by atoms with Gasteiger partial charge in [-0.15, -0.1) is 13.2 Å². The van der Waals surface area contributed by atoms with E-state index >= 15 is 0 Å². The van der Waals surface area contributed by atoms with Crippen LogP contribution in [-0.4, -0.2) is 12.6 Å². The molecule has 0 aromatic rings. The van der Waals surface area contributed by atoms with Crippen LogP contribution < -0.4 is 0 Å². The Morgan fingerprint density at radius 3 is 1.31 bits per heavy atom. The minimum absolute atomic E-state index is 0.00172. The first kappa shape index (κ1) is 27.4. The van der Waals surface area contributed by atoms with E-state index in [4.69, 9.17) is 4.74 Å². The number of ether oxygens (including phenoxy) is 1. The van der Waals surface area contributed by atoms with E-state index in [-0.39, 0.29) is 5.97 Å². The average molecular weight is 369 g/mol. The topological polar surface area (TPSA) is 26.3 Å². The molecule has 0 aromatic carbocycles. The summed E-state index contributed by atoms with van der Waals surface area (Å²) in [7, 11) is 0. The summed E-state index contributed by atoms with van der Waals surface area (Å²) in [6, 6.07) is 0. The third-order valence-corrected chi connectivity index (χ3v) is 4.75. The lowest BCUT2D eigenvalue weighted by atomic mass is 10.0. The van der Waals surface area contributed by atoms with Gasteiger partial charge in [0.2, 0.25) is 0 Å². The lowest BCUT2D eigenvalue weighted by Gasteiger charge is -2.04. The molecular weight excluding hydrogens is 320 g/mol. The predicted octanol–water partition coefficient (Wildman–Crippen LogP) is 8.39. The summed E-state index contributed by atoms with van der Waals surface area (Å²) < 4.78 is 5.16. The van der Waals surface area contributed by atoms with Gasteiger partial charge in [0.15, 0.2) is 0 Å². The first-order valence-corrected chi connectivity index (χ1v) is 11.5. The molecule has 0 bridgehead atoms. The van der Waals surface area contributed by atoms with Crippen molar-refractivity contribution in [3.8, 4) is 0 Å². The van der Waals surface area contributed by atoms with Crippen LogP contribution in [0.4, 0.5) is 0 Å². The van der Waals surface area contributed by atoms with Crippen molar-refractivity contribution in [2.24, 2.45) is 0 Å². The van der Waals surface area contributed by atoms with E-state index in [2.05, 4.69) is 27.0 Å². The maximum atomic E-state index is 11.4. The SMILES string of the molecule is C=C.CCCCCCCCCCCCCCCCCC(=O)OCCCC. The average Bonchev–Trinajstić information content (AvgIpc) is 2.66. The Labute approximate surface area is 165 Å². The summed E-state index contributed by atoms with van der Waals surface area (Å²) in [5.41, 5.74) is 0. The van der Waals surface area contributed by atoms with Gasteiger partial charge in [0.25, 0.3) is 0 Å². The first-order valence-electron chi connectivity index (χ1n) is 11.5. The maximum absolute atomic E-state index is 11.4. The lowest BCUT2D eigenvalue weighted by molar-refractivity contribution is -0.143. The van der Waals surface area contributed by atoms with E-state index in [0.29, 0.717) is 13.0 Å². The fourth-order valence-electron chi connectivity index (χ4n) is 3.04. The van der Waals surface area contributed by atoms with Gasteiger partial charge in [-0.25, -0.2) is 0 Å². The molecule has 0 N–H and O–H groups in total. The highest BCUT2D eigenvalue weighted by Crippen LogP contribution is 2.13. The molecule has 0 atom stereocenters. The highest BCUT2D eigenvalue weighted by Gasteiger charge is 2.01. The molecule has 0 unspecified atom stereocenters. The van der Waals surface area contributed by atoms with Crippen molar-refractivity contribution in [2.75, 3.05) is 6.61 Å². The van der Waals surface area contributed by atoms with Crippen molar-refractivity contribution in [3.63, 3.8) is 0 Å². The van der Waals surface area contributed by atoms with E-state index in [1.54, 1.807) is 0 Å². The quantitative estimate of drug-likeness (QED) is 0.130. The third-order valence-electron chi connectivity index (χ3n) is 4.75. The van der Waals surface area contributed by atoms with E-state index in [1.165, 1.54) is 89.9 Å². The molecule has 0 amide bonds. The van der Waals surface area contributed by atoms with Gasteiger partial charge in [0.05, 0.1) is 6.61 Å². The fraction of sp³-hybridized carbons (Fsp3) is 0.875. The molecule has 0 aliphatic rings. The lowest BCUT2D eigenvalue weighted by Crippen LogP contribution is -2.05. The van der Waals surface area contributed by atoms with Gasteiger partial charge >= 0.3 is 5.97 Å². The molecule has 0 aliphatic carbocycles. The zero-order valence-electron chi connectivity index (χ0n) is 18.2. The van der Waals surface area contributed by atoms with Crippen molar-refractivity contribution in [1.82, 2.24) is 0 Å². The Morgan fingerprint density at radius 2 is 0.923 bits per heavy atom. The number of hydrogen-bond acceptors (Lipinski definition) is 2. The first-order chi connectivity index (χ1) is 12.8.